The maximum absolute atomic E-state index is 13.0. The molecule has 0 radical (unpaired) electrons. The van der Waals surface area contributed by atoms with Crippen LogP contribution in [0.3, 0.4) is 0 Å². The summed E-state index contributed by atoms with van der Waals surface area (Å²) in [5.74, 6) is 1.56. The summed E-state index contributed by atoms with van der Waals surface area (Å²) in [6, 6.07) is 12.8. The van der Waals surface area contributed by atoms with E-state index >= 15 is 0 Å². The second-order valence-corrected chi connectivity index (χ2v) is 8.90. The normalized spacial score (nSPS) is 13.0. The number of ether oxygens (including phenoxy) is 1. The lowest BCUT2D eigenvalue weighted by molar-refractivity contribution is -0.137. The Kier molecular flexibility index (Phi) is 7.42. The number of carbonyl (C=O) groups excluding carboxylic acids is 1. The number of carbonyl (C=O) groups is 1. The molecule has 200 valence electrons. The van der Waals surface area contributed by atoms with Gasteiger partial charge in [0.05, 0.1) is 29.0 Å². The van der Waals surface area contributed by atoms with Gasteiger partial charge < -0.3 is 25.1 Å². The van der Waals surface area contributed by atoms with Gasteiger partial charge in [0, 0.05) is 17.8 Å². The molecular formula is C27H21ClF3N5O3. The first-order valence-corrected chi connectivity index (χ1v) is 12.2. The number of fused-ring (bicyclic) bond motifs is 1. The molecule has 2 aromatic carbocycles. The topological polar surface area (TPSA) is 101 Å². The fraction of sp³-hybridized carbons (Fsp3) is 0.148. The number of nitrogens with one attached hydrogen (secondary N) is 3. The Bertz CT molecular complexity index is 1520. The minimum atomic E-state index is -4.49. The number of amides is 1. The van der Waals surface area contributed by atoms with Crippen LogP contribution >= 0.6 is 11.6 Å². The molecule has 0 bridgehead atoms. The highest BCUT2D eigenvalue weighted by atomic mass is 35.5. The van der Waals surface area contributed by atoms with Gasteiger partial charge in [0.25, 0.3) is 0 Å². The Morgan fingerprint density at radius 1 is 1.13 bits per heavy atom. The van der Waals surface area contributed by atoms with Crippen LogP contribution in [-0.2, 0) is 17.5 Å². The molecule has 0 saturated heterocycles. The van der Waals surface area contributed by atoms with Gasteiger partial charge in [-0.3, -0.25) is 4.79 Å². The molecule has 3 heterocycles. The highest BCUT2D eigenvalue weighted by Crippen LogP contribution is 2.36. The van der Waals surface area contributed by atoms with Crippen LogP contribution in [0.15, 0.2) is 77.2 Å². The molecule has 1 aliphatic rings. The summed E-state index contributed by atoms with van der Waals surface area (Å²) in [6.07, 6.45) is 0.625. The molecule has 0 spiro atoms. The van der Waals surface area contributed by atoms with Crippen LogP contribution in [0.1, 0.15) is 23.3 Å². The van der Waals surface area contributed by atoms with E-state index in [2.05, 4.69) is 25.9 Å². The number of benzene rings is 2. The average molecular weight is 556 g/mol. The van der Waals surface area contributed by atoms with Gasteiger partial charge in [-0.05, 0) is 61.0 Å². The van der Waals surface area contributed by atoms with Crippen LogP contribution in [0.4, 0.5) is 30.5 Å². The zero-order valence-corrected chi connectivity index (χ0v) is 20.9. The third-order valence-electron chi connectivity index (χ3n) is 5.77. The third kappa shape index (κ3) is 6.32. The fourth-order valence-electron chi connectivity index (χ4n) is 3.87. The summed E-state index contributed by atoms with van der Waals surface area (Å²) < 4.78 is 49.9. The SMILES string of the molecule is O=C(NCc1ccco1)C1=Cc2c(ncnc2Nc2ccc(Oc3cccc(C(F)(F)F)c3)c(Cl)c2)NCC1. The predicted molar refractivity (Wildman–Crippen MR) is 140 cm³/mol. The molecule has 0 unspecified atom stereocenters. The second-order valence-electron chi connectivity index (χ2n) is 8.49. The van der Waals surface area contributed by atoms with Gasteiger partial charge in [0.1, 0.15) is 35.2 Å². The molecule has 1 amide bonds. The largest absolute Gasteiger partial charge is 0.467 e. The molecule has 0 aliphatic carbocycles. The first-order chi connectivity index (χ1) is 18.8. The molecule has 1 aliphatic heterocycles. The minimum Gasteiger partial charge on any atom is -0.467 e. The predicted octanol–water partition coefficient (Wildman–Crippen LogP) is 6.79. The lowest BCUT2D eigenvalue weighted by Crippen LogP contribution is -2.24. The van der Waals surface area contributed by atoms with Crippen molar-refractivity contribution < 1.29 is 27.1 Å². The number of furan rings is 1. The molecule has 39 heavy (non-hydrogen) atoms. The Hall–Kier alpha value is -4.51. The van der Waals surface area contributed by atoms with E-state index in [0.29, 0.717) is 47.2 Å². The first-order valence-electron chi connectivity index (χ1n) is 11.8. The van der Waals surface area contributed by atoms with Crippen molar-refractivity contribution in [3.8, 4) is 11.5 Å². The Morgan fingerprint density at radius 2 is 2.00 bits per heavy atom. The number of alkyl halides is 3. The van der Waals surface area contributed by atoms with Crippen molar-refractivity contribution in [2.75, 3.05) is 17.2 Å². The molecule has 2 aromatic heterocycles. The van der Waals surface area contributed by atoms with Gasteiger partial charge in [-0.2, -0.15) is 13.2 Å². The summed E-state index contributed by atoms with van der Waals surface area (Å²) in [6.45, 7) is 0.754. The van der Waals surface area contributed by atoms with E-state index in [1.54, 1.807) is 30.3 Å². The second kappa shape index (κ2) is 11.1. The van der Waals surface area contributed by atoms with Crippen molar-refractivity contribution in [3.05, 3.63) is 94.7 Å². The molecule has 5 rings (SSSR count). The Balaban J connectivity index is 1.34. The van der Waals surface area contributed by atoms with Gasteiger partial charge in [-0.25, -0.2) is 9.97 Å². The monoisotopic (exact) mass is 555 g/mol. The molecule has 0 fully saturated rings. The van der Waals surface area contributed by atoms with Crippen molar-refractivity contribution in [1.29, 1.82) is 0 Å². The summed E-state index contributed by atoms with van der Waals surface area (Å²) in [5, 5.41) is 9.38. The molecule has 0 atom stereocenters. The zero-order chi connectivity index (χ0) is 27.4. The quantitative estimate of drug-likeness (QED) is 0.231. The molecule has 12 heteroatoms. The third-order valence-corrected chi connectivity index (χ3v) is 6.06. The molecule has 4 aromatic rings. The van der Waals surface area contributed by atoms with E-state index < -0.39 is 11.7 Å². The van der Waals surface area contributed by atoms with Crippen molar-refractivity contribution in [3.63, 3.8) is 0 Å². The minimum absolute atomic E-state index is 0.00243. The van der Waals surface area contributed by atoms with Crippen molar-refractivity contribution >= 4 is 40.9 Å². The first kappa shape index (κ1) is 26.1. The van der Waals surface area contributed by atoms with Crippen LogP contribution in [-0.4, -0.2) is 22.4 Å². The highest BCUT2D eigenvalue weighted by molar-refractivity contribution is 6.32. The number of rotatable bonds is 7. The summed E-state index contributed by atoms with van der Waals surface area (Å²) in [4.78, 5) is 21.4. The maximum Gasteiger partial charge on any atom is 0.416 e. The van der Waals surface area contributed by atoms with Gasteiger partial charge in [0.2, 0.25) is 5.91 Å². The van der Waals surface area contributed by atoms with Crippen molar-refractivity contribution in [1.82, 2.24) is 15.3 Å². The number of aromatic nitrogens is 2. The summed E-state index contributed by atoms with van der Waals surface area (Å²) >= 11 is 6.38. The molecular weight excluding hydrogens is 535 g/mol. The van der Waals surface area contributed by atoms with E-state index in [4.69, 9.17) is 20.8 Å². The lowest BCUT2D eigenvalue weighted by Gasteiger charge is -2.14. The van der Waals surface area contributed by atoms with E-state index in [1.807, 2.05) is 0 Å². The zero-order valence-electron chi connectivity index (χ0n) is 20.2. The van der Waals surface area contributed by atoms with Gasteiger partial charge >= 0.3 is 6.18 Å². The number of nitrogens with zero attached hydrogens (tertiary/aromatic N) is 2. The van der Waals surface area contributed by atoms with Gasteiger partial charge in [0.15, 0.2) is 0 Å². The number of halogens is 4. The van der Waals surface area contributed by atoms with E-state index in [9.17, 15) is 18.0 Å². The molecule has 3 N–H and O–H groups in total. The highest BCUT2D eigenvalue weighted by Gasteiger charge is 2.30. The van der Waals surface area contributed by atoms with E-state index in [-0.39, 0.29) is 29.0 Å². The molecule has 8 nitrogen and oxygen atoms in total. The van der Waals surface area contributed by atoms with Gasteiger partial charge in [-0.1, -0.05) is 17.7 Å². The van der Waals surface area contributed by atoms with Gasteiger partial charge in [-0.15, -0.1) is 0 Å². The average Bonchev–Trinajstić information content (AvgIpc) is 3.33. The number of hydrogen-bond acceptors (Lipinski definition) is 7. The lowest BCUT2D eigenvalue weighted by atomic mass is 10.1. The summed E-state index contributed by atoms with van der Waals surface area (Å²) in [5.41, 5.74) is 0.834. The van der Waals surface area contributed by atoms with Crippen LogP contribution in [0, 0.1) is 0 Å². The van der Waals surface area contributed by atoms with Crippen LogP contribution in [0.25, 0.3) is 6.08 Å². The van der Waals surface area contributed by atoms with Crippen molar-refractivity contribution in [2.24, 2.45) is 0 Å². The Labute approximate surface area is 225 Å². The maximum atomic E-state index is 13.0. The van der Waals surface area contributed by atoms with Crippen LogP contribution in [0.5, 0.6) is 11.5 Å². The number of anilines is 3. The van der Waals surface area contributed by atoms with E-state index in [0.717, 1.165) is 12.1 Å². The Morgan fingerprint density at radius 3 is 2.77 bits per heavy atom. The van der Waals surface area contributed by atoms with Crippen LogP contribution < -0.4 is 20.7 Å². The standard InChI is InChI=1S/C27H21ClF3N5O3/c28-22-13-18(6-7-23(22)39-19-4-1-3-17(12-19)27(29,30)31)36-25-21-11-16(8-9-32-24(21)34-15-35-25)26(37)33-14-20-5-2-10-38-20/h1-7,10-13,15H,8-9,14H2,(H,33,37)(H2,32,34,35,36). The van der Waals surface area contributed by atoms with Crippen LogP contribution in [0.2, 0.25) is 5.02 Å². The fourth-order valence-corrected chi connectivity index (χ4v) is 4.09. The van der Waals surface area contributed by atoms with E-state index in [1.165, 1.54) is 30.8 Å². The van der Waals surface area contributed by atoms with Crippen molar-refractivity contribution in [2.45, 2.75) is 19.1 Å². The number of hydrogen-bond donors (Lipinski definition) is 3. The summed E-state index contributed by atoms with van der Waals surface area (Å²) in [7, 11) is 0. The molecule has 0 saturated carbocycles. The smallest absolute Gasteiger partial charge is 0.416 e.